The van der Waals surface area contributed by atoms with E-state index in [1.54, 1.807) is 0 Å². The van der Waals surface area contributed by atoms with Crippen LogP contribution in [0.15, 0.2) is 12.4 Å². The van der Waals surface area contributed by atoms with Gasteiger partial charge < -0.3 is 4.55 Å². The van der Waals surface area contributed by atoms with Crippen molar-refractivity contribution >= 4 is 10.4 Å². The van der Waals surface area contributed by atoms with Gasteiger partial charge in [-0.2, -0.15) is 0 Å². The van der Waals surface area contributed by atoms with Crippen molar-refractivity contribution in [3.05, 3.63) is 18.2 Å². The maximum absolute atomic E-state index is 8.63. The van der Waals surface area contributed by atoms with Crippen LogP contribution < -0.4 is 4.57 Å². The lowest BCUT2D eigenvalue weighted by atomic mass is 10.2. The summed E-state index contributed by atoms with van der Waals surface area (Å²) in [7, 11) is -2.85. The molecule has 0 aliphatic carbocycles. The third-order valence-corrected chi connectivity index (χ3v) is 1.74. The van der Waals surface area contributed by atoms with E-state index < -0.39 is 10.4 Å². The Labute approximate surface area is 89.5 Å². The molecule has 1 heterocycles. The molecular formula is C8H16N2O4S. The molecule has 0 aliphatic rings. The molecule has 7 heteroatoms. The van der Waals surface area contributed by atoms with Gasteiger partial charge in [-0.25, -0.2) is 18.0 Å². The molecule has 0 aromatic carbocycles. The minimum absolute atomic E-state index is 1.17. The van der Waals surface area contributed by atoms with Crippen molar-refractivity contribution in [2.24, 2.45) is 7.05 Å². The Kier molecular flexibility index (Phi) is 6.14. The third-order valence-electron chi connectivity index (χ3n) is 1.74. The maximum atomic E-state index is 8.63. The molecule has 1 rings (SSSR count). The smallest absolute Gasteiger partial charge is 0.253 e. The van der Waals surface area contributed by atoms with E-state index in [-0.39, 0.29) is 0 Å². The molecule has 0 radical (unpaired) electrons. The second-order valence-corrected chi connectivity index (χ2v) is 3.90. The normalized spacial score (nSPS) is 10.7. The van der Waals surface area contributed by atoms with Crippen LogP contribution in [0.5, 0.6) is 0 Å². The zero-order chi connectivity index (χ0) is 11.9. The summed E-state index contributed by atoms with van der Waals surface area (Å²) in [6, 6.07) is 0. The number of H-pyrrole nitrogens is 1. The van der Waals surface area contributed by atoms with Gasteiger partial charge in [0.05, 0.1) is 7.05 Å². The van der Waals surface area contributed by atoms with Gasteiger partial charge in [0.15, 0.2) is 0 Å². The minimum atomic E-state index is -4.92. The molecule has 0 saturated carbocycles. The van der Waals surface area contributed by atoms with Gasteiger partial charge in [-0.1, -0.05) is 13.3 Å². The van der Waals surface area contributed by atoms with Gasteiger partial charge in [0, 0.05) is 6.42 Å². The van der Waals surface area contributed by atoms with Crippen molar-refractivity contribution in [3.8, 4) is 0 Å². The lowest BCUT2D eigenvalue weighted by Gasteiger charge is -1.91. The van der Waals surface area contributed by atoms with E-state index in [2.05, 4.69) is 23.5 Å². The van der Waals surface area contributed by atoms with Crippen molar-refractivity contribution in [1.29, 1.82) is 0 Å². The topological polar surface area (TPSA) is 97.1 Å². The molecule has 0 saturated heterocycles. The zero-order valence-electron chi connectivity index (χ0n) is 8.80. The fourth-order valence-corrected chi connectivity index (χ4v) is 1.03. The number of unbranched alkanes of at least 4 members (excludes halogenated alkanes) is 1. The molecule has 0 fully saturated rings. The Balaban J connectivity index is 0.000000336. The lowest BCUT2D eigenvalue weighted by molar-refractivity contribution is -0.677. The third kappa shape index (κ3) is 9.39. The monoisotopic (exact) mass is 236 g/mol. The van der Waals surface area contributed by atoms with E-state index in [1.807, 2.05) is 12.4 Å². The first kappa shape index (κ1) is 14.1. The summed E-state index contributed by atoms with van der Waals surface area (Å²) < 4.78 is 35.0. The Hall–Kier alpha value is -0.920. The number of nitrogens with one attached hydrogen (secondary N) is 1. The molecule has 0 unspecified atom stereocenters. The highest BCUT2D eigenvalue weighted by atomic mass is 32.3. The summed E-state index contributed by atoms with van der Waals surface area (Å²) in [5.74, 6) is 1.32. The van der Waals surface area contributed by atoms with Crippen LogP contribution in [0.3, 0.4) is 0 Å². The van der Waals surface area contributed by atoms with Crippen molar-refractivity contribution in [1.82, 2.24) is 4.98 Å². The lowest BCUT2D eigenvalue weighted by Crippen LogP contribution is -2.30. The van der Waals surface area contributed by atoms with Crippen LogP contribution in [-0.4, -0.2) is 22.5 Å². The maximum Gasteiger partial charge on any atom is 0.253 e. The molecule has 2 N–H and O–H groups in total. The highest BCUT2D eigenvalue weighted by molar-refractivity contribution is 7.79. The van der Waals surface area contributed by atoms with Crippen LogP contribution in [0.1, 0.15) is 25.6 Å². The molecule has 0 bridgehead atoms. The number of aromatic amines is 1. The SMILES string of the molecule is CCCCc1[nH]cc[n+]1C.O=S(=O)([O-])O. The molecule has 88 valence electrons. The zero-order valence-corrected chi connectivity index (χ0v) is 9.62. The molecule has 0 amide bonds. The first-order chi connectivity index (χ1) is 6.84. The Morgan fingerprint density at radius 3 is 2.47 bits per heavy atom. The van der Waals surface area contributed by atoms with Crippen molar-refractivity contribution < 1.29 is 22.1 Å². The summed E-state index contributed by atoms with van der Waals surface area (Å²) in [6.45, 7) is 2.21. The van der Waals surface area contributed by atoms with Crippen molar-refractivity contribution in [2.45, 2.75) is 26.2 Å². The number of aromatic nitrogens is 2. The number of nitrogens with zero attached hydrogens (tertiary/aromatic N) is 1. The largest absolute Gasteiger partial charge is 0.726 e. The highest BCUT2D eigenvalue weighted by Gasteiger charge is 2.03. The minimum Gasteiger partial charge on any atom is -0.726 e. The Bertz CT molecular complexity index is 364. The predicted molar refractivity (Wildman–Crippen MR) is 52.9 cm³/mol. The summed E-state index contributed by atoms with van der Waals surface area (Å²) in [5, 5.41) is 0. The van der Waals surface area contributed by atoms with E-state index in [1.165, 1.54) is 25.1 Å². The molecule has 0 aliphatic heterocycles. The van der Waals surface area contributed by atoms with Gasteiger partial charge in [0.1, 0.15) is 12.4 Å². The summed E-state index contributed by atoms with van der Waals surface area (Å²) in [6.07, 6.45) is 7.73. The average Bonchev–Trinajstić information content (AvgIpc) is 2.45. The summed E-state index contributed by atoms with van der Waals surface area (Å²) in [5.41, 5.74) is 0. The van der Waals surface area contributed by atoms with Gasteiger partial charge in [-0.3, -0.25) is 4.55 Å². The van der Waals surface area contributed by atoms with Crippen LogP contribution in [0.25, 0.3) is 0 Å². The Morgan fingerprint density at radius 2 is 2.13 bits per heavy atom. The molecule has 0 atom stereocenters. The molecule has 6 nitrogen and oxygen atoms in total. The van der Waals surface area contributed by atoms with Gasteiger partial charge in [-0.15, -0.1) is 0 Å². The van der Waals surface area contributed by atoms with E-state index in [0.29, 0.717) is 0 Å². The molecular weight excluding hydrogens is 220 g/mol. The molecule has 0 spiro atoms. The number of hydrogen-bond donors (Lipinski definition) is 2. The standard InChI is InChI=1S/C8H14N2.H2O4S/c1-3-4-5-8-9-6-7-10(8)2;1-5(2,3)4/h6-7H,3-5H2,1-2H3;(H2,1,2,3,4). The van der Waals surface area contributed by atoms with Gasteiger partial charge in [0.2, 0.25) is 10.4 Å². The summed E-state index contributed by atoms with van der Waals surface area (Å²) >= 11 is 0. The fraction of sp³-hybridized carbons (Fsp3) is 0.625. The number of rotatable bonds is 3. The van der Waals surface area contributed by atoms with Gasteiger partial charge >= 0.3 is 0 Å². The van der Waals surface area contributed by atoms with Crippen LogP contribution in [0.4, 0.5) is 0 Å². The van der Waals surface area contributed by atoms with Crippen LogP contribution >= 0.6 is 0 Å². The highest BCUT2D eigenvalue weighted by Crippen LogP contribution is 1.94. The van der Waals surface area contributed by atoms with Crippen LogP contribution in [0, 0.1) is 0 Å². The number of aryl methyl sites for hydroxylation is 2. The summed E-state index contributed by atoms with van der Waals surface area (Å²) in [4.78, 5) is 3.20. The molecule has 15 heavy (non-hydrogen) atoms. The average molecular weight is 236 g/mol. The van der Waals surface area contributed by atoms with Gasteiger partial charge in [-0.05, 0) is 6.42 Å². The number of imidazole rings is 1. The van der Waals surface area contributed by atoms with Crippen molar-refractivity contribution in [2.75, 3.05) is 0 Å². The van der Waals surface area contributed by atoms with E-state index >= 15 is 0 Å². The predicted octanol–water partition coefficient (Wildman–Crippen LogP) is 0.186. The quantitative estimate of drug-likeness (QED) is 0.444. The second kappa shape index (κ2) is 6.54. The second-order valence-electron chi connectivity index (χ2n) is 3.05. The van der Waals surface area contributed by atoms with E-state index in [0.717, 1.165) is 0 Å². The first-order valence-electron chi connectivity index (χ1n) is 4.54. The molecule has 1 aromatic heterocycles. The van der Waals surface area contributed by atoms with Gasteiger partial charge in [0.25, 0.3) is 5.82 Å². The number of hydrogen-bond acceptors (Lipinski definition) is 3. The van der Waals surface area contributed by atoms with Crippen LogP contribution in [-0.2, 0) is 23.9 Å². The van der Waals surface area contributed by atoms with E-state index in [4.69, 9.17) is 17.5 Å². The fourth-order valence-electron chi connectivity index (χ4n) is 1.03. The first-order valence-corrected chi connectivity index (χ1v) is 5.91. The Morgan fingerprint density at radius 1 is 1.60 bits per heavy atom. The van der Waals surface area contributed by atoms with Crippen molar-refractivity contribution in [3.63, 3.8) is 0 Å². The van der Waals surface area contributed by atoms with E-state index in [9.17, 15) is 0 Å². The van der Waals surface area contributed by atoms with Crippen LogP contribution in [0.2, 0.25) is 0 Å². The molecule has 1 aromatic rings.